The van der Waals surface area contributed by atoms with Crippen LogP contribution in [0.1, 0.15) is 23.3 Å². The summed E-state index contributed by atoms with van der Waals surface area (Å²) in [5.74, 6) is -0.279. The van der Waals surface area contributed by atoms with Gasteiger partial charge in [-0.05, 0) is 12.8 Å². The molecule has 1 saturated carbocycles. The summed E-state index contributed by atoms with van der Waals surface area (Å²) in [7, 11) is 0. The van der Waals surface area contributed by atoms with Crippen LogP contribution in [0.4, 0.5) is 0 Å². The molecule has 2 heterocycles. The van der Waals surface area contributed by atoms with Crippen molar-refractivity contribution < 1.29 is 4.79 Å². The highest BCUT2D eigenvalue weighted by Crippen LogP contribution is 2.26. The highest BCUT2D eigenvalue weighted by atomic mass is 16.2. The Kier molecular flexibility index (Phi) is 2.56. The zero-order valence-electron chi connectivity index (χ0n) is 9.96. The van der Waals surface area contributed by atoms with E-state index in [-0.39, 0.29) is 29.1 Å². The number of H-pyrrole nitrogens is 1. The van der Waals surface area contributed by atoms with Crippen molar-refractivity contribution in [3.8, 4) is 6.07 Å². The SMILES string of the molecule is N#CC1CC(NC(=O)c2cc3c(=O)[nH]ccn3n2)C1. The molecule has 0 radical (unpaired) electrons. The molecule has 2 aromatic rings. The van der Waals surface area contributed by atoms with Gasteiger partial charge in [-0.2, -0.15) is 10.4 Å². The number of aromatic nitrogens is 3. The van der Waals surface area contributed by atoms with Gasteiger partial charge in [0.25, 0.3) is 11.5 Å². The maximum atomic E-state index is 11.9. The van der Waals surface area contributed by atoms with Gasteiger partial charge in [-0.15, -0.1) is 0 Å². The van der Waals surface area contributed by atoms with E-state index in [1.165, 1.54) is 16.8 Å². The van der Waals surface area contributed by atoms with Crippen LogP contribution >= 0.6 is 0 Å². The van der Waals surface area contributed by atoms with Crippen molar-refractivity contribution >= 4 is 11.4 Å². The lowest BCUT2D eigenvalue weighted by Gasteiger charge is -2.30. The first kappa shape index (κ1) is 11.5. The van der Waals surface area contributed by atoms with Gasteiger partial charge in [0, 0.05) is 24.5 Å². The summed E-state index contributed by atoms with van der Waals surface area (Å²) in [6.45, 7) is 0. The number of rotatable bonds is 2. The molecule has 0 spiro atoms. The molecule has 7 heteroatoms. The average molecular weight is 257 g/mol. The molecule has 3 rings (SSSR count). The molecule has 0 aliphatic heterocycles. The Morgan fingerprint density at radius 3 is 3.05 bits per heavy atom. The average Bonchev–Trinajstić information content (AvgIpc) is 2.78. The molecule has 0 atom stereocenters. The van der Waals surface area contributed by atoms with E-state index in [2.05, 4.69) is 21.5 Å². The minimum Gasteiger partial charge on any atom is -0.348 e. The second kappa shape index (κ2) is 4.24. The van der Waals surface area contributed by atoms with Crippen LogP contribution in [0.25, 0.3) is 5.52 Å². The molecule has 1 amide bonds. The van der Waals surface area contributed by atoms with Gasteiger partial charge in [-0.25, -0.2) is 4.52 Å². The molecule has 7 nitrogen and oxygen atoms in total. The van der Waals surface area contributed by atoms with E-state index in [0.717, 1.165) is 0 Å². The molecule has 1 aliphatic rings. The van der Waals surface area contributed by atoms with Crippen molar-refractivity contribution in [2.24, 2.45) is 5.92 Å². The van der Waals surface area contributed by atoms with Gasteiger partial charge in [0.15, 0.2) is 5.69 Å². The molecule has 0 unspecified atom stereocenters. The summed E-state index contributed by atoms with van der Waals surface area (Å²) < 4.78 is 1.37. The Morgan fingerprint density at radius 1 is 1.58 bits per heavy atom. The van der Waals surface area contributed by atoms with Gasteiger partial charge in [0.2, 0.25) is 0 Å². The number of fused-ring (bicyclic) bond motifs is 1. The molecule has 19 heavy (non-hydrogen) atoms. The van der Waals surface area contributed by atoms with E-state index in [4.69, 9.17) is 5.26 Å². The zero-order chi connectivity index (χ0) is 13.4. The maximum absolute atomic E-state index is 11.9. The van der Waals surface area contributed by atoms with Crippen molar-refractivity contribution in [2.45, 2.75) is 18.9 Å². The fraction of sp³-hybridized carbons (Fsp3) is 0.333. The number of amides is 1. The predicted molar refractivity (Wildman–Crippen MR) is 65.4 cm³/mol. The molecule has 0 bridgehead atoms. The molecular weight excluding hydrogens is 246 g/mol. The molecular formula is C12H11N5O2. The topological polar surface area (TPSA) is 103 Å². The monoisotopic (exact) mass is 257 g/mol. The smallest absolute Gasteiger partial charge is 0.273 e. The first-order chi connectivity index (χ1) is 9.17. The van der Waals surface area contributed by atoms with Crippen molar-refractivity contribution in [2.75, 3.05) is 0 Å². The number of nitrogens with one attached hydrogen (secondary N) is 2. The third-order valence-electron chi connectivity index (χ3n) is 3.29. The van der Waals surface area contributed by atoms with E-state index < -0.39 is 0 Å². The van der Waals surface area contributed by atoms with E-state index in [1.807, 2.05) is 0 Å². The van der Waals surface area contributed by atoms with Crippen LogP contribution in [0.2, 0.25) is 0 Å². The maximum Gasteiger partial charge on any atom is 0.273 e. The van der Waals surface area contributed by atoms with Crippen molar-refractivity contribution in [3.05, 3.63) is 34.5 Å². The number of carbonyl (C=O) groups excluding carboxylic acids is 1. The van der Waals surface area contributed by atoms with E-state index in [0.29, 0.717) is 18.4 Å². The van der Waals surface area contributed by atoms with Crippen LogP contribution in [0.5, 0.6) is 0 Å². The Balaban J connectivity index is 1.77. The lowest BCUT2D eigenvalue weighted by Crippen LogP contribution is -2.44. The van der Waals surface area contributed by atoms with Gasteiger partial charge >= 0.3 is 0 Å². The van der Waals surface area contributed by atoms with Gasteiger partial charge in [0.1, 0.15) is 5.52 Å². The number of hydrogen-bond acceptors (Lipinski definition) is 4. The lowest BCUT2D eigenvalue weighted by atomic mass is 9.81. The highest BCUT2D eigenvalue weighted by Gasteiger charge is 2.30. The lowest BCUT2D eigenvalue weighted by molar-refractivity contribution is 0.0899. The number of carbonyl (C=O) groups is 1. The molecule has 0 saturated heterocycles. The summed E-state index contributed by atoms with van der Waals surface area (Å²) in [4.78, 5) is 26.0. The minimum atomic E-state index is -0.315. The van der Waals surface area contributed by atoms with Crippen LogP contribution in [0.3, 0.4) is 0 Å². The van der Waals surface area contributed by atoms with Gasteiger partial charge in [-0.1, -0.05) is 0 Å². The van der Waals surface area contributed by atoms with Crippen LogP contribution in [-0.4, -0.2) is 26.5 Å². The van der Waals surface area contributed by atoms with Gasteiger partial charge in [-0.3, -0.25) is 9.59 Å². The molecule has 2 aromatic heterocycles. The molecule has 1 fully saturated rings. The van der Waals surface area contributed by atoms with Crippen LogP contribution in [0, 0.1) is 17.2 Å². The number of nitriles is 1. The fourth-order valence-electron chi connectivity index (χ4n) is 2.15. The second-order valence-corrected chi connectivity index (χ2v) is 4.62. The van der Waals surface area contributed by atoms with E-state index in [1.54, 1.807) is 6.20 Å². The van der Waals surface area contributed by atoms with Crippen LogP contribution < -0.4 is 10.9 Å². The largest absolute Gasteiger partial charge is 0.348 e. The fourth-order valence-corrected chi connectivity index (χ4v) is 2.15. The minimum absolute atomic E-state index is 0.0280. The summed E-state index contributed by atoms with van der Waals surface area (Å²) >= 11 is 0. The van der Waals surface area contributed by atoms with Crippen molar-refractivity contribution in [1.29, 1.82) is 5.26 Å². The van der Waals surface area contributed by atoms with Crippen molar-refractivity contribution in [3.63, 3.8) is 0 Å². The van der Waals surface area contributed by atoms with Gasteiger partial charge in [0.05, 0.1) is 12.0 Å². The molecule has 96 valence electrons. The first-order valence-electron chi connectivity index (χ1n) is 5.95. The zero-order valence-corrected chi connectivity index (χ0v) is 9.96. The summed E-state index contributed by atoms with van der Waals surface area (Å²) in [5.41, 5.74) is 0.246. The van der Waals surface area contributed by atoms with Crippen LogP contribution in [0.15, 0.2) is 23.3 Å². The Morgan fingerprint density at radius 2 is 2.37 bits per heavy atom. The second-order valence-electron chi connectivity index (χ2n) is 4.62. The van der Waals surface area contributed by atoms with E-state index in [9.17, 15) is 9.59 Å². The standard InChI is InChI=1S/C12H11N5O2/c13-6-7-3-8(4-7)15-11(18)9-5-10-12(19)14-1-2-17(10)16-9/h1-2,5,7-8H,3-4H2,(H,14,19)(H,15,18). The first-order valence-corrected chi connectivity index (χ1v) is 5.95. The Bertz CT molecular complexity index is 732. The number of nitrogens with zero attached hydrogens (tertiary/aromatic N) is 3. The predicted octanol–water partition coefficient (Wildman–Crippen LogP) is 0.0546. The Labute approximate surface area is 107 Å². The molecule has 1 aliphatic carbocycles. The third-order valence-corrected chi connectivity index (χ3v) is 3.29. The molecule has 0 aromatic carbocycles. The van der Waals surface area contributed by atoms with Crippen molar-refractivity contribution in [1.82, 2.24) is 19.9 Å². The Hall–Kier alpha value is -2.62. The van der Waals surface area contributed by atoms with Gasteiger partial charge < -0.3 is 10.3 Å². The van der Waals surface area contributed by atoms with Crippen LogP contribution in [-0.2, 0) is 0 Å². The number of hydrogen-bond donors (Lipinski definition) is 2. The van der Waals surface area contributed by atoms with E-state index >= 15 is 0 Å². The summed E-state index contributed by atoms with van der Waals surface area (Å²) in [6, 6.07) is 3.64. The summed E-state index contributed by atoms with van der Waals surface area (Å²) in [5, 5.41) is 15.5. The third kappa shape index (κ3) is 1.97. The molecule has 2 N–H and O–H groups in total. The highest BCUT2D eigenvalue weighted by molar-refractivity contribution is 5.93. The normalized spacial score (nSPS) is 21.6. The summed E-state index contributed by atoms with van der Waals surface area (Å²) in [6.07, 6.45) is 4.39. The quantitative estimate of drug-likeness (QED) is 0.793. The number of aromatic amines is 1.